The van der Waals surface area contributed by atoms with Gasteiger partial charge in [0.05, 0.1) is 33.8 Å². The smallest absolute Gasteiger partial charge is 0.0770 e. The Morgan fingerprint density at radius 1 is 0.538 bits per heavy atom. The van der Waals surface area contributed by atoms with Crippen LogP contribution in [0.5, 0.6) is 0 Å². The van der Waals surface area contributed by atoms with Crippen LogP contribution < -0.4 is 11.5 Å². The lowest BCUT2D eigenvalue weighted by molar-refractivity contribution is 1.07. The van der Waals surface area contributed by atoms with E-state index in [1.165, 1.54) is 44.5 Å². The summed E-state index contributed by atoms with van der Waals surface area (Å²) in [6.07, 6.45) is 3.50. The Morgan fingerprint density at radius 3 is 1.33 bits per heavy atom. The van der Waals surface area contributed by atoms with Gasteiger partial charge in [-0.3, -0.25) is 0 Å². The highest BCUT2D eigenvalue weighted by Gasteiger charge is 2.27. The van der Waals surface area contributed by atoms with Crippen LogP contribution in [0.15, 0.2) is 60.7 Å². The fourth-order valence-corrected chi connectivity index (χ4v) is 8.72. The first kappa shape index (κ1) is 35.4. The summed E-state index contributed by atoms with van der Waals surface area (Å²) in [5, 5.41) is 0. The Balaban J connectivity index is 1.79. The van der Waals surface area contributed by atoms with Gasteiger partial charge in [-0.1, -0.05) is 76.2 Å². The molecule has 8 bridgehead atoms. The molecular formula is C46H52N6. The molecule has 6 heteroatoms. The Hall–Kier alpha value is -5.04. The summed E-state index contributed by atoms with van der Waals surface area (Å²) in [5.41, 5.74) is 37.8. The molecule has 2 aliphatic heterocycles. The van der Waals surface area contributed by atoms with Gasteiger partial charge in [0.2, 0.25) is 0 Å². The number of allylic oxidation sites excluding steroid dienone is 4. The third-order valence-corrected chi connectivity index (χ3v) is 11.5. The van der Waals surface area contributed by atoms with Crippen molar-refractivity contribution in [2.45, 2.75) is 94.2 Å². The normalized spacial score (nSPS) is 13.1. The number of aromatic nitrogens is 4. The minimum Gasteiger partial charge on any atom is -0.354 e. The average Bonchev–Trinajstić information content (AvgIpc) is 3.85. The molecule has 0 aliphatic carbocycles. The van der Waals surface area contributed by atoms with Crippen molar-refractivity contribution in [3.63, 3.8) is 0 Å². The molecule has 6 nitrogen and oxygen atoms in total. The van der Waals surface area contributed by atoms with Crippen LogP contribution in [0.1, 0.15) is 111 Å². The van der Waals surface area contributed by atoms with Gasteiger partial charge in [-0.15, -0.1) is 0 Å². The molecule has 266 valence electrons. The van der Waals surface area contributed by atoms with E-state index in [1.807, 2.05) is 0 Å². The fraction of sp³-hybridized carbons (Fsp3) is 0.304. The van der Waals surface area contributed by atoms with E-state index >= 15 is 0 Å². The van der Waals surface area contributed by atoms with Crippen molar-refractivity contribution < 1.29 is 0 Å². The van der Waals surface area contributed by atoms with Gasteiger partial charge in [0.25, 0.3) is 0 Å². The molecule has 0 amide bonds. The molecule has 5 heterocycles. The zero-order valence-corrected chi connectivity index (χ0v) is 32.1. The second kappa shape index (κ2) is 14.2. The molecule has 0 spiro atoms. The van der Waals surface area contributed by atoms with E-state index in [0.717, 1.165) is 104 Å². The van der Waals surface area contributed by atoms with Crippen molar-refractivity contribution in [2.24, 2.45) is 11.5 Å². The molecular weight excluding hydrogens is 637 g/mol. The lowest BCUT2D eigenvalue weighted by Crippen LogP contribution is -2.01. The monoisotopic (exact) mass is 688 g/mol. The lowest BCUT2D eigenvalue weighted by Gasteiger charge is -2.13. The number of rotatable bonds is 8. The van der Waals surface area contributed by atoms with Gasteiger partial charge in [-0.05, 0) is 132 Å². The van der Waals surface area contributed by atoms with Gasteiger partial charge < -0.3 is 21.4 Å². The molecule has 3 aromatic heterocycles. The van der Waals surface area contributed by atoms with Crippen molar-refractivity contribution in [1.29, 1.82) is 0 Å². The quantitative estimate of drug-likeness (QED) is 0.130. The fourth-order valence-electron chi connectivity index (χ4n) is 8.72. The van der Waals surface area contributed by atoms with Gasteiger partial charge in [-0.2, -0.15) is 0 Å². The van der Waals surface area contributed by atoms with Crippen LogP contribution in [0.2, 0.25) is 0 Å². The summed E-state index contributed by atoms with van der Waals surface area (Å²) in [7, 11) is 0. The first-order chi connectivity index (χ1) is 25.2. The lowest BCUT2D eigenvalue weighted by atomic mass is 9.91. The van der Waals surface area contributed by atoms with Crippen molar-refractivity contribution in [3.05, 3.63) is 117 Å². The maximum atomic E-state index is 6.44. The van der Waals surface area contributed by atoms with Crippen LogP contribution in [0, 0.1) is 13.8 Å². The van der Waals surface area contributed by atoms with Crippen molar-refractivity contribution in [2.75, 3.05) is 0 Å². The number of fused-ring (bicyclic) bond motifs is 8. The highest BCUT2D eigenvalue weighted by Crippen LogP contribution is 2.45. The highest BCUT2D eigenvalue weighted by atomic mass is 14.8. The van der Waals surface area contributed by atoms with Crippen LogP contribution in [-0.4, -0.2) is 19.9 Å². The molecule has 2 aromatic carbocycles. The SMILES string of the molecule is CCC1=C(C)c2nc1cc1[nH]c(c(C)c1CC)c(-c1ccccc1CN)c1[nH]c(cc3nc(c2-c2ccccc2CN)C(C)=C3CC)c(CC)c1C. The van der Waals surface area contributed by atoms with Crippen molar-refractivity contribution in [1.82, 2.24) is 19.9 Å². The number of nitrogens with two attached hydrogens (primary N) is 2. The number of aromatic amines is 2. The number of H-pyrrole nitrogens is 2. The minimum atomic E-state index is 0.430. The maximum absolute atomic E-state index is 6.44. The predicted molar refractivity (Wildman–Crippen MR) is 221 cm³/mol. The average molecular weight is 689 g/mol. The van der Waals surface area contributed by atoms with E-state index in [2.05, 4.69) is 126 Å². The first-order valence-corrected chi connectivity index (χ1v) is 19.0. The molecule has 2 aliphatic rings. The zero-order chi connectivity index (χ0) is 36.8. The molecule has 7 rings (SSSR count). The molecule has 0 fully saturated rings. The molecule has 0 atom stereocenters. The Morgan fingerprint density at radius 2 is 0.942 bits per heavy atom. The van der Waals surface area contributed by atoms with E-state index in [9.17, 15) is 0 Å². The number of benzene rings is 2. The van der Waals surface area contributed by atoms with Crippen molar-refractivity contribution >= 4 is 44.4 Å². The molecule has 0 saturated heterocycles. The van der Waals surface area contributed by atoms with Crippen LogP contribution in [0.25, 0.3) is 66.6 Å². The first-order valence-electron chi connectivity index (χ1n) is 19.0. The van der Waals surface area contributed by atoms with Crippen molar-refractivity contribution in [3.8, 4) is 22.3 Å². The second-order valence-electron chi connectivity index (χ2n) is 14.1. The molecule has 6 N–H and O–H groups in total. The summed E-state index contributed by atoms with van der Waals surface area (Å²) in [6.45, 7) is 18.8. The van der Waals surface area contributed by atoms with Crippen LogP contribution in [0.4, 0.5) is 0 Å². The number of hydrogen-bond donors (Lipinski definition) is 4. The van der Waals surface area contributed by atoms with E-state index in [0.29, 0.717) is 13.1 Å². The van der Waals surface area contributed by atoms with Gasteiger partial charge in [0.15, 0.2) is 0 Å². The van der Waals surface area contributed by atoms with E-state index in [-0.39, 0.29) is 0 Å². The van der Waals surface area contributed by atoms with Gasteiger partial charge >= 0.3 is 0 Å². The highest BCUT2D eigenvalue weighted by molar-refractivity contribution is 6.04. The standard InChI is InChI=1S/C46H52N6/c1-9-31-25(5)43-41(35-19-15-13-17-29(35)23-47)44-27(7)33(11-3)39(51-44)22-40-34(12-4)28(8)46(52-40)42(36-20-16-14-18-30(36)24-48)45-26(6)32(10-2)38(50-45)21-37(31)49-43/h13-22,49,51H,9-12,23-24,47-48H2,1-8H3. The number of nitrogens with zero attached hydrogens (tertiary/aromatic N) is 2. The third-order valence-electron chi connectivity index (χ3n) is 11.5. The van der Waals surface area contributed by atoms with Gasteiger partial charge in [-0.25, -0.2) is 9.97 Å². The topological polar surface area (TPSA) is 109 Å². The summed E-state index contributed by atoms with van der Waals surface area (Å²) in [6, 6.07) is 21.6. The Bertz CT molecular complexity index is 2340. The van der Waals surface area contributed by atoms with E-state index in [4.69, 9.17) is 21.4 Å². The molecule has 0 saturated carbocycles. The maximum Gasteiger partial charge on any atom is 0.0770 e. The molecule has 0 radical (unpaired) electrons. The molecule has 52 heavy (non-hydrogen) atoms. The Labute approximate surface area is 308 Å². The van der Waals surface area contributed by atoms with E-state index in [1.54, 1.807) is 0 Å². The van der Waals surface area contributed by atoms with Crippen LogP contribution >= 0.6 is 0 Å². The predicted octanol–water partition coefficient (Wildman–Crippen LogP) is 11.0. The largest absolute Gasteiger partial charge is 0.354 e. The van der Waals surface area contributed by atoms with Gasteiger partial charge in [0.1, 0.15) is 0 Å². The number of hydrogen-bond acceptors (Lipinski definition) is 4. The molecule has 0 unspecified atom stereocenters. The van der Waals surface area contributed by atoms with E-state index < -0.39 is 0 Å². The summed E-state index contributed by atoms with van der Waals surface area (Å²) < 4.78 is 0. The number of aryl methyl sites for hydroxylation is 4. The summed E-state index contributed by atoms with van der Waals surface area (Å²) >= 11 is 0. The molecule has 5 aromatic rings. The van der Waals surface area contributed by atoms with Crippen LogP contribution in [0.3, 0.4) is 0 Å². The second-order valence-corrected chi connectivity index (χ2v) is 14.1. The zero-order valence-electron chi connectivity index (χ0n) is 32.1. The summed E-state index contributed by atoms with van der Waals surface area (Å²) in [4.78, 5) is 19.0. The van der Waals surface area contributed by atoms with Gasteiger partial charge in [0, 0.05) is 35.2 Å². The minimum absolute atomic E-state index is 0.430. The Kier molecular flexibility index (Phi) is 9.64. The van der Waals surface area contributed by atoms with Crippen LogP contribution in [-0.2, 0) is 25.9 Å². The summed E-state index contributed by atoms with van der Waals surface area (Å²) in [5.74, 6) is 0. The number of nitrogens with one attached hydrogen (secondary N) is 2. The third kappa shape index (κ3) is 5.56.